The van der Waals surface area contributed by atoms with E-state index in [1.165, 1.54) is 0 Å². The van der Waals surface area contributed by atoms with Crippen LogP contribution in [-0.4, -0.2) is 42.5 Å². The van der Waals surface area contributed by atoms with E-state index < -0.39 is 0 Å². The number of carbonyl (C=O) groups is 2. The fraction of sp³-hybridized carbons (Fsp3) is 0.471. The predicted octanol–water partition coefficient (Wildman–Crippen LogP) is 1.52. The lowest BCUT2D eigenvalue weighted by molar-refractivity contribution is -0.131. The zero-order chi connectivity index (χ0) is 16.2. The number of benzene rings is 1. The van der Waals surface area contributed by atoms with Crippen molar-refractivity contribution in [1.82, 2.24) is 4.90 Å². The Morgan fingerprint density at radius 2 is 2.13 bits per heavy atom. The molecule has 6 heteroatoms. The van der Waals surface area contributed by atoms with Crippen molar-refractivity contribution in [3.63, 3.8) is 0 Å². The Morgan fingerprint density at radius 1 is 1.35 bits per heavy atom. The average Bonchev–Trinajstić information content (AvgIpc) is 2.98. The first kappa shape index (κ1) is 15.5. The molecule has 2 aliphatic heterocycles. The molecule has 120 valence electrons. The smallest absolute Gasteiger partial charge is 0.229 e. The molecule has 0 spiro atoms. The Labute approximate surface area is 135 Å². The quantitative estimate of drug-likeness (QED) is 0.917. The van der Waals surface area contributed by atoms with E-state index in [0.29, 0.717) is 31.0 Å². The number of rotatable bonds is 3. The molecular weight excluding hydrogens is 294 g/mol. The number of ether oxygens (including phenoxy) is 1. The molecule has 2 fully saturated rings. The van der Waals surface area contributed by atoms with Gasteiger partial charge in [-0.05, 0) is 31.0 Å². The summed E-state index contributed by atoms with van der Waals surface area (Å²) >= 11 is 0. The molecule has 0 aliphatic carbocycles. The van der Waals surface area contributed by atoms with Crippen molar-refractivity contribution in [2.75, 3.05) is 25.1 Å². The minimum absolute atomic E-state index is 0.0443. The van der Waals surface area contributed by atoms with Crippen molar-refractivity contribution in [3.8, 4) is 6.07 Å². The third kappa shape index (κ3) is 3.51. The molecule has 3 rings (SSSR count). The van der Waals surface area contributed by atoms with E-state index in [1.807, 2.05) is 11.0 Å². The summed E-state index contributed by atoms with van der Waals surface area (Å²) in [6, 6.07) is 9.01. The van der Waals surface area contributed by atoms with Crippen LogP contribution in [0.4, 0.5) is 5.69 Å². The molecule has 1 atom stereocenters. The fourth-order valence-electron chi connectivity index (χ4n) is 3.17. The standard InChI is InChI=1S/C17H19N3O3/c18-10-12-2-1-3-14(8-12)19-17(22)13-9-16(21)20(11-13)15-4-6-23-7-5-15/h1-3,8,13,15H,4-7,9,11H2,(H,19,22). The Kier molecular flexibility index (Phi) is 4.58. The van der Waals surface area contributed by atoms with Gasteiger partial charge in [-0.15, -0.1) is 0 Å². The van der Waals surface area contributed by atoms with E-state index in [-0.39, 0.29) is 30.2 Å². The molecule has 0 aromatic heterocycles. The van der Waals surface area contributed by atoms with Gasteiger partial charge in [0, 0.05) is 37.9 Å². The lowest BCUT2D eigenvalue weighted by atomic mass is 10.1. The number of nitrogens with one attached hydrogen (secondary N) is 1. The number of carbonyl (C=O) groups excluding carboxylic acids is 2. The Bertz CT molecular complexity index is 647. The minimum Gasteiger partial charge on any atom is -0.381 e. The number of amides is 2. The van der Waals surface area contributed by atoms with Gasteiger partial charge >= 0.3 is 0 Å². The number of nitrogens with zero attached hydrogens (tertiary/aromatic N) is 2. The number of hydrogen-bond acceptors (Lipinski definition) is 4. The highest BCUT2D eigenvalue weighted by Gasteiger charge is 2.38. The van der Waals surface area contributed by atoms with Gasteiger partial charge in [0.15, 0.2) is 0 Å². The van der Waals surface area contributed by atoms with E-state index in [0.717, 1.165) is 12.8 Å². The molecule has 2 aliphatic rings. The molecule has 2 saturated heterocycles. The molecule has 1 unspecified atom stereocenters. The average molecular weight is 313 g/mol. The van der Waals surface area contributed by atoms with Crippen LogP contribution in [0.3, 0.4) is 0 Å². The van der Waals surface area contributed by atoms with Gasteiger partial charge in [-0.25, -0.2) is 0 Å². The molecule has 1 N–H and O–H groups in total. The van der Waals surface area contributed by atoms with Crippen LogP contribution in [0, 0.1) is 17.2 Å². The van der Waals surface area contributed by atoms with Crippen molar-refractivity contribution in [2.24, 2.45) is 5.92 Å². The van der Waals surface area contributed by atoms with Gasteiger partial charge in [0.1, 0.15) is 0 Å². The second kappa shape index (κ2) is 6.80. The molecular formula is C17H19N3O3. The van der Waals surface area contributed by atoms with Crippen LogP contribution in [0.25, 0.3) is 0 Å². The Hall–Kier alpha value is -2.39. The van der Waals surface area contributed by atoms with Crippen molar-refractivity contribution < 1.29 is 14.3 Å². The topological polar surface area (TPSA) is 82.4 Å². The second-order valence-electron chi connectivity index (χ2n) is 5.97. The zero-order valence-corrected chi connectivity index (χ0v) is 12.8. The minimum atomic E-state index is -0.337. The van der Waals surface area contributed by atoms with Gasteiger partial charge in [-0.2, -0.15) is 5.26 Å². The van der Waals surface area contributed by atoms with Crippen molar-refractivity contribution in [3.05, 3.63) is 29.8 Å². The molecule has 2 amide bonds. The summed E-state index contributed by atoms with van der Waals surface area (Å²) in [4.78, 5) is 26.4. The lowest BCUT2D eigenvalue weighted by Gasteiger charge is -2.31. The third-order valence-corrected chi connectivity index (χ3v) is 4.42. The van der Waals surface area contributed by atoms with Gasteiger partial charge in [0.2, 0.25) is 11.8 Å². The first-order valence-electron chi connectivity index (χ1n) is 7.85. The van der Waals surface area contributed by atoms with E-state index in [4.69, 9.17) is 10.00 Å². The maximum absolute atomic E-state index is 12.4. The van der Waals surface area contributed by atoms with Gasteiger partial charge in [0.05, 0.1) is 17.6 Å². The number of nitriles is 1. The summed E-state index contributed by atoms with van der Waals surface area (Å²) < 4.78 is 5.33. The van der Waals surface area contributed by atoms with Gasteiger partial charge in [-0.1, -0.05) is 6.07 Å². The van der Waals surface area contributed by atoms with Crippen LogP contribution in [0.2, 0.25) is 0 Å². The van der Waals surface area contributed by atoms with E-state index in [9.17, 15) is 9.59 Å². The maximum Gasteiger partial charge on any atom is 0.229 e. The van der Waals surface area contributed by atoms with Crippen LogP contribution in [-0.2, 0) is 14.3 Å². The first-order chi connectivity index (χ1) is 11.2. The third-order valence-electron chi connectivity index (χ3n) is 4.42. The van der Waals surface area contributed by atoms with Crippen LogP contribution >= 0.6 is 0 Å². The number of anilines is 1. The van der Waals surface area contributed by atoms with Crippen molar-refractivity contribution >= 4 is 17.5 Å². The maximum atomic E-state index is 12.4. The summed E-state index contributed by atoms with van der Waals surface area (Å²) in [5.74, 6) is -0.457. The molecule has 0 radical (unpaired) electrons. The summed E-state index contributed by atoms with van der Waals surface area (Å²) in [5, 5.41) is 11.7. The zero-order valence-electron chi connectivity index (χ0n) is 12.8. The summed E-state index contributed by atoms with van der Waals surface area (Å²) in [5.41, 5.74) is 1.08. The molecule has 0 bridgehead atoms. The predicted molar refractivity (Wildman–Crippen MR) is 83.4 cm³/mol. The molecule has 6 nitrogen and oxygen atoms in total. The Balaban J connectivity index is 1.62. The highest BCUT2D eigenvalue weighted by molar-refractivity contribution is 5.97. The SMILES string of the molecule is N#Cc1cccc(NC(=O)C2CC(=O)N(C3CCOCC3)C2)c1. The van der Waals surface area contributed by atoms with Crippen LogP contribution in [0.1, 0.15) is 24.8 Å². The second-order valence-corrected chi connectivity index (χ2v) is 5.97. The van der Waals surface area contributed by atoms with Crippen molar-refractivity contribution in [2.45, 2.75) is 25.3 Å². The van der Waals surface area contributed by atoms with Crippen LogP contribution < -0.4 is 5.32 Å². The molecule has 2 heterocycles. The Morgan fingerprint density at radius 3 is 2.87 bits per heavy atom. The monoisotopic (exact) mass is 313 g/mol. The highest BCUT2D eigenvalue weighted by atomic mass is 16.5. The fourth-order valence-corrected chi connectivity index (χ4v) is 3.17. The molecule has 0 saturated carbocycles. The van der Waals surface area contributed by atoms with Gasteiger partial charge in [-0.3, -0.25) is 9.59 Å². The van der Waals surface area contributed by atoms with E-state index in [1.54, 1.807) is 24.3 Å². The van der Waals surface area contributed by atoms with Crippen molar-refractivity contribution in [1.29, 1.82) is 5.26 Å². The lowest BCUT2D eigenvalue weighted by Crippen LogP contribution is -2.41. The summed E-state index contributed by atoms with van der Waals surface area (Å²) in [6.07, 6.45) is 1.93. The van der Waals surface area contributed by atoms with Crippen LogP contribution in [0.15, 0.2) is 24.3 Å². The van der Waals surface area contributed by atoms with Gasteiger partial charge in [0.25, 0.3) is 0 Å². The first-order valence-corrected chi connectivity index (χ1v) is 7.85. The summed E-state index contributed by atoms with van der Waals surface area (Å²) in [6.45, 7) is 1.81. The highest BCUT2D eigenvalue weighted by Crippen LogP contribution is 2.26. The molecule has 1 aromatic rings. The normalized spacial score (nSPS) is 22.0. The number of likely N-dealkylation sites (tertiary alicyclic amines) is 1. The number of hydrogen-bond donors (Lipinski definition) is 1. The van der Waals surface area contributed by atoms with E-state index >= 15 is 0 Å². The molecule has 1 aromatic carbocycles. The largest absolute Gasteiger partial charge is 0.381 e. The summed E-state index contributed by atoms with van der Waals surface area (Å²) in [7, 11) is 0. The van der Waals surface area contributed by atoms with Crippen LogP contribution in [0.5, 0.6) is 0 Å². The van der Waals surface area contributed by atoms with Gasteiger partial charge < -0.3 is 15.0 Å². The van der Waals surface area contributed by atoms with E-state index in [2.05, 4.69) is 5.32 Å². The molecule has 23 heavy (non-hydrogen) atoms.